The van der Waals surface area contributed by atoms with E-state index in [0.29, 0.717) is 5.92 Å². The molecule has 0 aliphatic rings. The molecule has 0 saturated carbocycles. The van der Waals surface area contributed by atoms with E-state index in [4.69, 9.17) is 0 Å². The van der Waals surface area contributed by atoms with E-state index in [1.165, 1.54) is 24.2 Å². The lowest BCUT2D eigenvalue weighted by Gasteiger charge is -2.15. The first-order chi connectivity index (χ1) is 8.72. The third kappa shape index (κ3) is 4.73. The second-order valence-corrected chi connectivity index (χ2v) is 6.18. The van der Waals surface area contributed by atoms with Gasteiger partial charge < -0.3 is 5.32 Å². The summed E-state index contributed by atoms with van der Waals surface area (Å²) in [5.41, 5.74) is 1.16. The summed E-state index contributed by atoms with van der Waals surface area (Å²) in [5, 5.41) is 6.08. The molecule has 1 amide bonds. The van der Waals surface area contributed by atoms with Gasteiger partial charge in [0.2, 0.25) is 0 Å². The van der Waals surface area contributed by atoms with Crippen molar-refractivity contribution >= 4 is 33.2 Å². The smallest absolute Gasteiger partial charge is 0.261 e. The Bertz CT molecular complexity index is 358. The second kappa shape index (κ2) is 8.70. The highest BCUT2D eigenvalue weighted by molar-refractivity contribution is 9.09. The van der Waals surface area contributed by atoms with Crippen molar-refractivity contribution < 1.29 is 4.79 Å². The summed E-state index contributed by atoms with van der Waals surface area (Å²) in [6.07, 6.45) is 4.40. The number of alkyl halides is 1. The molecule has 0 aromatic carbocycles. The summed E-state index contributed by atoms with van der Waals surface area (Å²) in [5.74, 6) is 0.681. The normalized spacial score (nSPS) is 12.4. The van der Waals surface area contributed by atoms with E-state index < -0.39 is 0 Å². The van der Waals surface area contributed by atoms with E-state index in [9.17, 15) is 4.79 Å². The van der Waals surface area contributed by atoms with Crippen molar-refractivity contribution in [2.45, 2.75) is 39.5 Å². The Morgan fingerprint density at radius 1 is 1.44 bits per heavy atom. The molecule has 0 saturated heterocycles. The van der Waals surface area contributed by atoms with Crippen molar-refractivity contribution in [3.8, 4) is 0 Å². The number of carbonyl (C=O) groups excluding carboxylic acids is 1. The highest BCUT2D eigenvalue weighted by Gasteiger charge is 2.14. The summed E-state index contributed by atoms with van der Waals surface area (Å²) >= 11 is 5.02. The lowest BCUT2D eigenvalue weighted by atomic mass is 10.0. The predicted molar refractivity (Wildman–Crippen MR) is 82.8 cm³/mol. The molecule has 0 radical (unpaired) electrons. The van der Waals surface area contributed by atoms with Gasteiger partial charge in [-0.3, -0.25) is 4.79 Å². The molecule has 1 atom stereocenters. The summed E-state index contributed by atoms with van der Waals surface area (Å²) < 4.78 is 0. The molecule has 2 nitrogen and oxygen atoms in total. The topological polar surface area (TPSA) is 29.1 Å². The fraction of sp³-hybridized carbons (Fsp3) is 0.643. The van der Waals surface area contributed by atoms with E-state index in [-0.39, 0.29) is 5.91 Å². The maximum atomic E-state index is 12.1. The second-order valence-electron chi connectivity index (χ2n) is 4.47. The van der Waals surface area contributed by atoms with Crippen LogP contribution in [0, 0.1) is 5.92 Å². The van der Waals surface area contributed by atoms with Gasteiger partial charge in [-0.15, -0.1) is 11.3 Å². The quantitative estimate of drug-likeness (QED) is 0.709. The lowest BCUT2D eigenvalue weighted by Crippen LogP contribution is -2.29. The van der Waals surface area contributed by atoms with Crippen LogP contribution in [-0.4, -0.2) is 17.8 Å². The molecule has 0 aliphatic heterocycles. The number of amides is 1. The number of aryl methyl sites for hydroxylation is 1. The zero-order valence-electron chi connectivity index (χ0n) is 11.2. The van der Waals surface area contributed by atoms with Gasteiger partial charge >= 0.3 is 0 Å². The van der Waals surface area contributed by atoms with Crippen LogP contribution >= 0.6 is 27.3 Å². The number of carbonyl (C=O) groups is 1. The average Bonchev–Trinajstić information content (AvgIpc) is 2.84. The number of hydrogen-bond acceptors (Lipinski definition) is 2. The van der Waals surface area contributed by atoms with E-state index in [2.05, 4.69) is 35.1 Å². The molecule has 0 fully saturated rings. The molecule has 0 spiro atoms. The van der Waals surface area contributed by atoms with Gasteiger partial charge in [0.1, 0.15) is 0 Å². The van der Waals surface area contributed by atoms with Crippen molar-refractivity contribution in [3.05, 3.63) is 21.9 Å². The van der Waals surface area contributed by atoms with Gasteiger partial charge in [0.05, 0.1) is 4.88 Å². The van der Waals surface area contributed by atoms with Crippen LogP contribution in [0.3, 0.4) is 0 Å². The Labute approximate surface area is 122 Å². The number of thiophene rings is 1. The molecule has 102 valence electrons. The number of nitrogens with one attached hydrogen (secondary N) is 1. The fourth-order valence-corrected chi connectivity index (χ4v) is 3.60. The van der Waals surface area contributed by atoms with Crippen LogP contribution in [0.5, 0.6) is 0 Å². The minimum absolute atomic E-state index is 0.0949. The molecule has 1 unspecified atom stereocenters. The standard InChI is InChI=1S/C14H22BrNOS/c1-3-5-11(6-8-15)10-16-14(17)13-12(4-2)7-9-18-13/h7,9,11H,3-6,8,10H2,1-2H3,(H,16,17). The minimum atomic E-state index is 0.0949. The van der Waals surface area contributed by atoms with Crippen LogP contribution in [0.15, 0.2) is 11.4 Å². The number of rotatable bonds is 8. The highest BCUT2D eigenvalue weighted by Crippen LogP contribution is 2.18. The van der Waals surface area contributed by atoms with Crippen LogP contribution in [-0.2, 0) is 6.42 Å². The van der Waals surface area contributed by atoms with E-state index in [1.54, 1.807) is 0 Å². The molecule has 0 bridgehead atoms. The summed E-state index contributed by atoms with van der Waals surface area (Å²) in [7, 11) is 0. The maximum Gasteiger partial charge on any atom is 0.261 e. The van der Waals surface area contributed by atoms with Crippen molar-refractivity contribution in [2.24, 2.45) is 5.92 Å². The highest BCUT2D eigenvalue weighted by atomic mass is 79.9. The van der Waals surface area contributed by atoms with E-state index in [1.807, 2.05) is 11.4 Å². The monoisotopic (exact) mass is 331 g/mol. The molecular formula is C14H22BrNOS. The third-order valence-corrected chi connectivity index (χ3v) is 4.51. The van der Waals surface area contributed by atoms with Crippen LogP contribution in [0.2, 0.25) is 0 Å². The van der Waals surface area contributed by atoms with Gasteiger partial charge in [-0.25, -0.2) is 0 Å². The van der Waals surface area contributed by atoms with Crippen molar-refractivity contribution in [1.29, 1.82) is 0 Å². The SMILES string of the molecule is CCCC(CCBr)CNC(=O)c1sccc1CC. The molecule has 1 rings (SSSR count). The Morgan fingerprint density at radius 3 is 2.83 bits per heavy atom. The fourth-order valence-electron chi connectivity index (χ4n) is 2.04. The Kier molecular flexibility index (Phi) is 7.59. The van der Waals surface area contributed by atoms with Gasteiger partial charge in [0, 0.05) is 11.9 Å². The Hall–Kier alpha value is -0.350. The van der Waals surface area contributed by atoms with Crippen molar-refractivity contribution in [2.75, 3.05) is 11.9 Å². The van der Waals surface area contributed by atoms with Crippen LogP contribution < -0.4 is 5.32 Å². The molecule has 0 aliphatic carbocycles. The minimum Gasteiger partial charge on any atom is -0.351 e. The van der Waals surface area contributed by atoms with Gasteiger partial charge in [-0.2, -0.15) is 0 Å². The number of hydrogen-bond donors (Lipinski definition) is 1. The molecule has 1 N–H and O–H groups in total. The largest absolute Gasteiger partial charge is 0.351 e. The zero-order chi connectivity index (χ0) is 13.4. The molecule has 4 heteroatoms. The Morgan fingerprint density at radius 2 is 2.22 bits per heavy atom. The average molecular weight is 332 g/mol. The summed E-state index contributed by atoms with van der Waals surface area (Å²) in [6, 6.07) is 2.04. The Balaban J connectivity index is 2.49. The van der Waals surface area contributed by atoms with E-state index in [0.717, 1.165) is 35.2 Å². The molecule has 1 aromatic heterocycles. The predicted octanol–water partition coefficient (Wildman–Crippen LogP) is 4.24. The van der Waals surface area contributed by atoms with Crippen LogP contribution in [0.4, 0.5) is 0 Å². The zero-order valence-corrected chi connectivity index (χ0v) is 13.6. The molecule has 1 heterocycles. The molecule has 18 heavy (non-hydrogen) atoms. The molecule has 1 aromatic rings. The number of halogens is 1. The van der Waals surface area contributed by atoms with Crippen molar-refractivity contribution in [3.63, 3.8) is 0 Å². The lowest BCUT2D eigenvalue weighted by molar-refractivity contribution is 0.0949. The summed E-state index contributed by atoms with van der Waals surface area (Å²) in [4.78, 5) is 13.0. The van der Waals surface area contributed by atoms with Gasteiger partial charge in [0.25, 0.3) is 5.91 Å². The first kappa shape index (κ1) is 15.7. The molecular weight excluding hydrogens is 310 g/mol. The first-order valence-electron chi connectivity index (χ1n) is 6.63. The van der Waals surface area contributed by atoms with Gasteiger partial charge in [-0.05, 0) is 42.2 Å². The van der Waals surface area contributed by atoms with Crippen LogP contribution in [0.1, 0.15) is 48.3 Å². The maximum absolute atomic E-state index is 12.1. The van der Waals surface area contributed by atoms with Gasteiger partial charge in [0.15, 0.2) is 0 Å². The summed E-state index contributed by atoms with van der Waals surface area (Å²) in [6.45, 7) is 5.07. The van der Waals surface area contributed by atoms with E-state index >= 15 is 0 Å². The van der Waals surface area contributed by atoms with Crippen molar-refractivity contribution in [1.82, 2.24) is 5.32 Å². The van der Waals surface area contributed by atoms with Gasteiger partial charge in [-0.1, -0.05) is 36.2 Å². The van der Waals surface area contributed by atoms with Crippen LogP contribution in [0.25, 0.3) is 0 Å². The first-order valence-corrected chi connectivity index (χ1v) is 8.63. The third-order valence-electron chi connectivity index (χ3n) is 3.10.